The molecule has 7 aromatic rings. The Morgan fingerprint density at radius 3 is 2.51 bits per heavy atom. The largest absolute Gasteiger partial charge is 0.470 e. The predicted molar refractivity (Wildman–Crippen MR) is 193 cm³/mol. The number of hydrogen-bond donors (Lipinski definition) is 2. The maximum absolute atomic E-state index is 14.8. The zero-order valence-corrected chi connectivity index (χ0v) is 28.5. The minimum absolute atomic E-state index is 0.0637. The molecule has 1 aliphatic rings. The van der Waals surface area contributed by atoms with Crippen LogP contribution in [0.5, 0.6) is 5.75 Å². The highest BCUT2D eigenvalue weighted by Crippen LogP contribution is 2.43. The zero-order valence-electron chi connectivity index (χ0n) is 26.8. The molecular weight excluding hydrogens is 698 g/mol. The van der Waals surface area contributed by atoms with Gasteiger partial charge in [-0.1, -0.05) is 29.8 Å². The molecule has 0 unspecified atom stereocenters. The molecule has 4 heterocycles. The smallest absolute Gasteiger partial charge is 0.255 e. The summed E-state index contributed by atoms with van der Waals surface area (Å²) in [6.45, 7) is 0.216. The van der Waals surface area contributed by atoms with Crippen molar-refractivity contribution in [3.8, 4) is 39.7 Å². The van der Waals surface area contributed by atoms with E-state index in [4.69, 9.17) is 25.7 Å². The van der Waals surface area contributed by atoms with Crippen LogP contribution in [0.3, 0.4) is 0 Å². The van der Waals surface area contributed by atoms with Crippen molar-refractivity contribution >= 4 is 56.0 Å². The molecule has 0 saturated heterocycles. The van der Waals surface area contributed by atoms with Crippen molar-refractivity contribution in [2.75, 3.05) is 17.9 Å². The van der Waals surface area contributed by atoms with Crippen LogP contribution < -0.4 is 14.4 Å². The molecule has 13 heteroatoms. The van der Waals surface area contributed by atoms with Gasteiger partial charge in [-0.2, -0.15) is 0 Å². The van der Waals surface area contributed by atoms with E-state index in [-0.39, 0.29) is 41.7 Å². The van der Waals surface area contributed by atoms with Gasteiger partial charge in [0.05, 0.1) is 28.2 Å². The highest BCUT2D eigenvalue weighted by atomic mass is 35.5. The van der Waals surface area contributed by atoms with Crippen LogP contribution in [0.15, 0.2) is 101 Å². The lowest BCUT2D eigenvalue weighted by atomic mass is 10.00. The van der Waals surface area contributed by atoms with Crippen LogP contribution in [0, 0.1) is 11.6 Å². The van der Waals surface area contributed by atoms with Crippen LogP contribution in [-0.2, 0) is 24.0 Å². The number of nitrogens with one attached hydrogen (secondary N) is 1. The Bertz CT molecular complexity index is 2580. The van der Waals surface area contributed by atoms with Gasteiger partial charge in [-0.05, 0) is 84.8 Å². The average molecular weight is 725 g/mol. The predicted octanol–water partition coefficient (Wildman–Crippen LogP) is 8.00. The fourth-order valence-corrected chi connectivity index (χ4v) is 7.23. The van der Waals surface area contributed by atoms with E-state index < -0.39 is 22.6 Å². The van der Waals surface area contributed by atoms with E-state index in [0.717, 1.165) is 5.56 Å². The number of hydrogen-bond acceptors (Lipinski definition) is 6. The van der Waals surface area contributed by atoms with Crippen molar-refractivity contribution in [1.82, 2.24) is 14.9 Å². The second-order valence-electron chi connectivity index (χ2n) is 11.9. The quantitative estimate of drug-likeness (QED) is 0.154. The van der Waals surface area contributed by atoms with Gasteiger partial charge in [0.15, 0.2) is 6.73 Å². The minimum Gasteiger partial charge on any atom is -0.470 e. The molecule has 0 saturated carbocycles. The molecule has 0 fully saturated rings. The van der Waals surface area contributed by atoms with Crippen LogP contribution in [0.1, 0.15) is 15.9 Å². The second kappa shape index (κ2) is 12.9. The average Bonchev–Trinajstić information content (AvgIpc) is 3.71. The van der Waals surface area contributed by atoms with Gasteiger partial charge in [-0.25, -0.2) is 22.2 Å². The van der Waals surface area contributed by atoms with Crippen LogP contribution >= 0.6 is 11.6 Å². The Kier molecular flexibility index (Phi) is 8.20. The molecule has 0 atom stereocenters. The lowest BCUT2D eigenvalue weighted by Crippen LogP contribution is -2.25. The summed E-state index contributed by atoms with van der Waals surface area (Å²) in [6, 6.07) is 25.9. The first-order valence-electron chi connectivity index (χ1n) is 15.9. The Morgan fingerprint density at radius 2 is 1.76 bits per heavy atom. The van der Waals surface area contributed by atoms with E-state index in [1.54, 1.807) is 54.6 Å². The summed E-state index contributed by atoms with van der Waals surface area (Å²) >= 11 is 6.08. The van der Waals surface area contributed by atoms with Gasteiger partial charge in [-0.3, -0.25) is 9.10 Å². The van der Waals surface area contributed by atoms with Crippen molar-refractivity contribution in [1.29, 1.82) is 0 Å². The molecule has 1 N–H and O–H groups in total. The third-order valence-corrected chi connectivity index (χ3v) is 10.0. The van der Waals surface area contributed by atoms with E-state index in [0.29, 0.717) is 61.7 Å². The summed E-state index contributed by atoms with van der Waals surface area (Å²) < 4.78 is 70.1. The number of aromatic nitrogens is 2. The molecule has 9 nitrogen and oxygen atoms in total. The van der Waals surface area contributed by atoms with Gasteiger partial charge >= 0.3 is 0 Å². The Balaban J connectivity index is 1.35. The number of nitrogens with zero attached hydrogens (tertiary/aromatic N) is 3. The summed E-state index contributed by atoms with van der Waals surface area (Å²) in [4.78, 5) is 18.4. The fraction of sp³-hybridized carbons (Fsp3) is 0.105. The summed E-state index contributed by atoms with van der Waals surface area (Å²) in [5.74, 6) is -0.640. The van der Waals surface area contributed by atoms with Crippen molar-refractivity contribution in [3.05, 3.63) is 125 Å². The van der Waals surface area contributed by atoms with Crippen LogP contribution in [0.2, 0.25) is 5.02 Å². The fourth-order valence-electron chi connectivity index (χ4n) is 6.50. The molecular formula is C38H27ClF2N4O5S. The number of benzene rings is 4. The number of furan rings is 1. The van der Waals surface area contributed by atoms with Gasteiger partial charge < -0.3 is 19.0 Å². The third kappa shape index (κ3) is 5.75. The van der Waals surface area contributed by atoms with Crippen LogP contribution in [-0.4, -0.2) is 37.5 Å². The number of anilines is 1. The lowest BCUT2D eigenvalue weighted by molar-refractivity contribution is 0.0964. The summed E-state index contributed by atoms with van der Waals surface area (Å²) in [5, 5.41) is 4.01. The maximum atomic E-state index is 14.8. The van der Waals surface area contributed by atoms with E-state index in [1.165, 1.54) is 41.7 Å². The number of thiol groups is 1. The van der Waals surface area contributed by atoms with Gasteiger partial charge in [0.1, 0.15) is 34.4 Å². The molecule has 0 aliphatic carbocycles. The molecule has 1 amide bonds. The van der Waals surface area contributed by atoms with Gasteiger partial charge in [0, 0.05) is 46.6 Å². The van der Waals surface area contributed by atoms with Gasteiger partial charge in [0.25, 0.3) is 5.91 Å². The first-order valence-corrected chi connectivity index (χ1v) is 17.4. The van der Waals surface area contributed by atoms with Crippen LogP contribution in [0.4, 0.5) is 14.5 Å². The first-order chi connectivity index (χ1) is 24.7. The summed E-state index contributed by atoms with van der Waals surface area (Å²) in [6.07, 6.45) is 0.359. The Morgan fingerprint density at radius 1 is 0.980 bits per heavy atom. The first kappa shape index (κ1) is 32.5. The summed E-state index contributed by atoms with van der Waals surface area (Å²) in [5.41, 5.74) is 4.45. The molecule has 51 heavy (non-hydrogen) atoms. The number of carbonyl (C=O) groups excluding carboxylic acids is 1. The number of amides is 1. The van der Waals surface area contributed by atoms with Crippen molar-refractivity contribution in [2.45, 2.75) is 13.2 Å². The molecule has 0 bridgehead atoms. The topological polar surface area (TPSA) is 107 Å². The Labute approximate surface area is 296 Å². The molecule has 8 rings (SSSR count). The second-order valence-corrected chi connectivity index (χ2v) is 13.3. The summed E-state index contributed by atoms with van der Waals surface area (Å²) in [7, 11) is -1.71. The monoisotopic (exact) mass is 724 g/mol. The normalized spacial score (nSPS) is 12.2. The number of pyridine rings is 1. The van der Waals surface area contributed by atoms with Gasteiger partial charge in [0.2, 0.25) is 10.9 Å². The number of ether oxygens (including phenoxy) is 1. The van der Waals surface area contributed by atoms with Crippen molar-refractivity contribution in [3.63, 3.8) is 0 Å². The molecule has 0 spiro atoms. The van der Waals surface area contributed by atoms with Crippen molar-refractivity contribution in [2.24, 2.45) is 0 Å². The van der Waals surface area contributed by atoms with E-state index >= 15 is 0 Å². The van der Waals surface area contributed by atoms with Gasteiger partial charge in [-0.15, -0.1) is 0 Å². The highest BCUT2D eigenvalue weighted by Gasteiger charge is 2.28. The van der Waals surface area contributed by atoms with E-state index in [1.807, 2.05) is 16.7 Å². The van der Waals surface area contributed by atoms with E-state index in [2.05, 4.69) is 5.32 Å². The minimum atomic E-state index is -3.19. The standard InChI is InChI=1S/C38H27ClF2N4O5S/c1-42-38(46)35-27-17-26(29-13-14-33-36(43-29)32-18-25-28(41)3-2-4-30(25)44(32)20-49-33)31(19-34(27)50-37(35)22-7-11-24(40)12-8-22)45(51(47)48)16-15-21-5-9-23(39)10-6-21/h2-14,17-19,51H,15-16,20H2,1H3,(H,42,46). The number of carbonyl (C=O) groups is 1. The molecule has 0 radical (unpaired) electrons. The number of halogens is 3. The Hall–Kier alpha value is -5.72. The molecule has 256 valence electrons. The maximum Gasteiger partial charge on any atom is 0.255 e. The number of rotatable bonds is 8. The third-order valence-electron chi connectivity index (χ3n) is 8.99. The highest BCUT2D eigenvalue weighted by molar-refractivity contribution is 7.74. The van der Waals surface area contributed by atoms with Crippen molar-refractivity contribution < 1.29 is 31.1 Å². The lowest BCUT2D eigenvalue weighted by Gasteiger charge is -2.23. The SMILES string of the molecule is CNC(=O)c1c(-c2ccc(F)cc2)oc2cc(N(CCc3ccc(Cl)cc3)[SH](=O)=O)c(-c3ccc4c(n3)-c3cc5c(F)cccc5n3CO4)cc12. The molecule has 3 aromatic heterocycles. The zero-order chi connectivity index (χ0) is 35.4. The number of fused-ring (bicyclic) bond motifs is 6. The van der Waals surface area contributed by atoms with E-state index in [9.17, 15) is 22.0 Å². The molecule has 1 aliphatic heterocycles. The van der Waals surface area contributed by atoms with Crippen LogP contribution in [0.25, 0.3) is 55.8 Å². The molecule has 4 aromatic carbocycles.